The van der Waals surface area contributed by atoms with Gasteiger partial charge in [-0.2, -0.15) is 0 Å². The molecule has 0 saturated heterocycles. The molecule has 35 heavy (non-hydrogen) atoms. The maximum Gasteiger partial charge on any atom is 0.322 e. The molecule has 2 atom stereocenters. The summed E-state index contributed by atoms with van der Waals surface area (Å²) in [6.45, 7) is 1.36. The summed E-state index contributed by atoms with van der Waals surface area (Å²) in [4.78, 5) is 24.7. The lowest BCUT2D eigenvalue weighted by Crippen LogP contribution is -2.33. The van der Waals surface area contributed by atoms with Crippen LogP contribution < -0.4 is 15.0 Å². The number of hydrogen-bond donors (Lipinski definition) is 2. The number of carbonyl (C=O) groups excluding carboxylic acids is 1. The number of benzene rings is 2. The number of fused-ring (bicyclic) bond motifs is 1. The average Bonchev–Trinajstić information content (AvgIpc) is 2.93. The third kappa shape index (κ3) is 6.97. The number of amides is 1. The zero-order valence-corrected chi connectivity index (χ0v) is 21.3. The molecule has 1 unspecified atom stereocenters. The van der Waals surface area contributed by atoms with Crippen LogP contribution in [0.5, 0.6) is 5.75 Å². The Hall–Kier alpha value is -3.07. The number of carboxylic acid groups (broad SMARTS) is 1. The smallest absolute Gasteiger partial charge is 0.322 e. The fourth-order valence-electron chi connectivity index (χ4n) is 4.48. The molecule has 2 aromatic rings. The van der Waals surface area contributed by atoms with Crippen molar-refractivity contribution in [2.24, 2.45) is 5.92 Å². The van der Waals surface area contributed by atoms with E-state index in [1.165, 1.54) is 0 Å². The van der Waals surface area contributed by atoms with E-state index in [1.54, 1.807) is 18.2 Å². The molecule has 0 bridgehead atoms. The molecule has 2 aromatic carbocycles. The predicted molar refractivity (Wildman–Crippen MR) is 135 cm³/mol. The number of carboxylic acids is 1. The minimum absolute atomic E-state index is 0.0639. The molecule has 1 aliphatic heterocycles. The summed E-state index contributed by atoms with van der Waals surface area (Å²) in [6.07, 6.45) is 3.61. The van der Waals surface area contributed by atoms with Crippen LogP contribution >= 0.6 is 0 Å². The first-order valence-electron chi connectivity index (χ1n) is 11.9. The maximum absolute atomic E-state index is 13.3. The van der Waals surface area contributed by atoms with Crippen molar-refractivity contribution in [2.45, 2.75) is 43.4 Å². The van der Waals surface area contributed by atoms with Crippen molar-refractivity contribution in [1.82, 2.24) is 5.32 Å². The van der Waals surface area contributed by atoms with Gasteiger partial charge in [0.1, 0.15) is 12.3 Å². The molecule has 0 saturated carbocycles. The Bertz CT molecular complexity index is 1140. The van der Waals surface area contributed by atoms with Crippen LogP contribution in [-0.2, 0) is 19.4 Å². The van der Waals surface area contributed by atoms with E-state index in [9.17, 15) is 18.0 Å². The molecule has 1 aliphatic rings. The molecular weight excluding hydrogens is 468 g/mol. The summed E-state index contributed by atoms with van der Waals surface area (Å²) >= 11 is 0. The van der Waals surface area contributed by atoms with E-state index in [2.05, 4.69) is 12.2 Å². The van der Waals surface area contributed by atoms with Gasteiger partial charge in [-0.05, 0) is 60.2 Å². The summed E-state index contributed by atoms with van der Waals surface area (Å²) in [5, 5.41) is 10.9. The molecule has 1 amide bonds. The second kappa shape index (κ2) is 11.6. The predicted octanol–water partition coefficient (Wildman–Crippen LogP) is 3.45. The quantitative estimate of drug-likeness (QED) is 0.512. The van der Waals surface area contributed by atoms with Crippen molar-refractivity contribution >= 4 is 27.4 Å². The molecule has 0 aromatic heterocycles. The molecule has 1 heterocycles. The van der Waals surface area contributed by atoms with Gasteiger partial charge in [-0.1, -0.05) is 31.9 Å². The topological polar surface area (TPSA) is 113 Å². The van der Waals surface area contributed by atoms with Crippen LogP contribution in [0, 0.1) is 5.92 Å². The molecule has 9 heteroatoms. The van der Waals surface area contributed by atoms with Crippen LogP contribution in [0.15, 0.2) is 47.4 Å². The van der Waals surface area contributed by atoms with Crippen molar-refractivity contribution in [3.05, 3.63) is 53.6 Å². The van der Waals surface area contributed by atoms with Gasteiger partial charge >= 0.3 is 5.97 Å². The number of unbranched alkanes of at least 4 members (excludes halogenated alkanes) is 1. The number of nitrogens with zero attached hydrogens (tertiary/aromatic N) is 1. The van der Waals surface area contributed by atoms with Gasteiger partial charge in [-0.25, -0.2) is 8.42 Å². The molecule has 0 spiro atoms. The van der Waals surface area contributed by atoms with E-state index in [4.69, 9.17) is 9.84 Å². The van der Waals surface area contributed by atoms with Crippen LogP contribution in [0.2, 0.25) is 0 Å². The molecule has 0 aliphatic carbocycles. The maximum atomic E-state index is 13.3. The highest BCUT2D eigenvalue weighted by Crippen LogP contribution is 2.42. The monoisotopic (exact) mass is 502 g/mol. The number of anilines is 1. The third-order valence-electron chi connectivity index (χ3n) is 6.30. The zero-order chi connectivity index (χ0) is 25.6. The van der Waals surface area contributed by atoms with Gasteiger partial charge < -0.3 is 20.1 Å². The Kier molecular flexibility index (Phi) is 8.77. The highest BCUT2D eigenvalue weighted by Gasteiger charge is 2.34. The summed E-state index contributed by atoms with van der Waals surface area (Å²) in [7, 11) is 0.462. The largest absolute Gasteiger partial charge is 0.484 e. The van der Waals surface area contributed by atoms with Gasteiger partial charge in [-0.15, -0.1) is 0 Å². The summed E-state index contributed by atoms with van der Waals surface area (Å²) in [5.74, 6) is -1.03. The average molecular weight is 503 g/mol. The molecule has 3 rings (SSSR count). The fourth-order valence-corrected chi connectivity index (χ4v) is 6.42. The van der Waals surface area contributed by atoms with Crippen molar-refractivity contribution in [3.8, 4) is 5.75 Å². The van der Waals surface area contributed by atoms with Crippen molar-refractivity contribution in [2.75, 3.05) is 37.9 Å². The minimum atomic E-state index is -3.41. The standard InChI is InChI=1S/C26H34N2O6S/c1-4-5-6-18-13-22(23-14-20(28(2)3)9-12-24(23)35(32,33)17-18)19-7-10-21(11-8-19)34-16-25(29)27-15-26(30)31/h7-12,14,18,22H,4-6,13,15-17H2,1-3H3,(H,27,29)(H,30,31)/t18?,22-/m1/s1. The van der Waals surface area contributed by atoms with Crippen molar-refractivity contribution in [1.29, 1.82) is 0 Å². The minimum Gasteiger partial charge on any atom is -0.484 e. The van der Waals surface area contributed by atoms with Gasteiger partial charge in [0.25, 0.3) is 5.91 Å². The Balaban J connectivity index is 1.89. The zero-order valence-electron chi connectivity index (χ0n) is 20.5. The number of aliphatic carboxylic acids is 1. The van der Waals surface area contributed by atoms with Gasteiger partial charge in [0.05, 0.1) is 10.6 Å². The molecule has 190 valence electrons. The van der Waals surface area contributed by atoms with Crippen LogP contribution in [0.3, 0.4) is 0 Å². The molecule has 2 N–H and O–H groups in total. The number of ether oxygens (including phenoxy) is 1. The molecular formula is C26H34N2O6S. The van der Waals surface area contributed by atoms with Crippen LogP contribution in [0.25, 0.3) is 0 Å². The van der Waals surface area contributed by atoms with Crippen LogP contribution in [0.1, 0.15) is 49.7 Å². The SMILES string of the molecule is CCCCC1C[C@H](c2ccc(OCC(=O)NCC(=O)O)cc2)c2cc(N(C)C)ccc2S(=O)(=O)C1. The number of nitrogens with one attached hydrogen (secondary N) is 1. The van der Waals surface area contributed by atoms with E-state index in [0.29, 0.717) is 10.6 Å². The molecule has 0 fully saturated rings. The lowest BCUT2D eigenvalue weighted by Gasteiger charge is -2.23. The second-order valence-electron chi connectivity index (χ2n) is 9.22. The first-order valence-corrected chi connectivity index (χ1v) is 13.5. The van der Waals surface area contributed by atoms with Gasteiger partial charge in [0.15, 0.2) is 16.4 Å². The highest BCUT2D eigenvalue weighted by molar-refractivity contribution is 7.91. The van der Waals surface area contributed by atoms with E-state index in [1.807, 2.05) is 43.3 Å². The van der Waals surface area contributed by atoms with Crippen molar-refractivity contribution in [3.63, 3.8) is 0 Å². The number of sulfone groups is 1. The number of carbonyl (C=O) groups is 2. The fraction of sp³-hybridized carbons (Fsp3) is 0.462. The summed E-state index contributed by atoms with van der Waals surface area (Å²) in [6, 6.07) is 12.9. The van der Waals surface area contributed by atoms with Gasteiger partial charge in [0, 0.05) is 25.7 Å². The van der Waals surface area contributed by atoms with E-state index >= 15 is 0 Å². The Morgan fingerprint density at radius 3 is 2.49 bits per heavy atom. The molecule has 8 nitrogen and oxygen atoms in total. The lowest BCUT2D eigenvalue weighted by molar-refractivity contribution is -0.138. The Morgan fingerprint density at radius 2 is 1.86 bits per heavy atom. The van der Waals surface area contributed by atoms with Crippen LogP contribution in [0.4, 0.5) is 5.69 Å². The lowest BCUT2D eigenvalue weighted by atomic mass is 9.82. The first kappa shape index (κ1) is 26.5. The highest BCUT2D eigenvalue weighted by atomic mass is 32.2. The Morgan fingerprint density at radius 1 is 1.14 bits per heavy atom. The normalized spacial score (nSPS) is 18.7. The molecule has 0 radical (unpaired) electrons. The number of hydrogen-bond acceptors (Lipinski definition) is 6. The van der Waals surface area contributed by atoms with Crippen LogP contribution in [-0.4, -0.2) is 58.4 Å². The van der Waals surface area contributed by atoms with E-state index < -0.39 is 28.3 Å². The van der Waals surface area contributed by atoms with Crippen molar-refractivity contribution < 1.29 is 27.9 Å². The van der Waals surface area contributed by atoms with E-state index in [0.717, 1.165) is 42.5 Å². The van der Waals surface area contributed by atoms with E-state index in [-0.39, 0.29) is 24.2 Å². The van der Waals surface area contributed by atoms with Gasteiger partial charge in [0.2, 0.25) is 0 Å². The summed E-state index contributed by atoms with van der Waals surface area (Å²) in [5.41, 5.74) is 2.75. The summed E-state index contributed by atoms with van der Waals surface area (Å²) < 4.78 is 32.1. The number of rotatable bonds is 10. The first-order chi connectivity index (χ1) is 16.6. The van der Waals surface area contributed by atoms with Gasteiger partial charge in [-0.3, -0.25) is 9.59 Å². The third-order valence-corrected chi connectivity index (χ3v) is 8.25. The Labute approximate surface area is 207 Å². The second-order valence-corrected chi connectivity index (χ2v) is 11.2.